The molecular formula is C29H36ClFN6O2. The molecule has 2 N–H and O–H groups in total. The number of carbonyl (C=O) groups is 1. The molecule has 0 spiro atoms. The number of nitrogens with one attached hydrogen (secondary N) is 2. The maximum absolute atomic E-state index is 13.7. The number of halogens is 2. The molecule has 1 aliphatic heterocycles. The number of amidine groups is 1. The number of anilines is 2. The fourth-order valence-corrected chi connectivity index (χ4v) is 5.38. The number of likely N-dealkylation sites (tertiary alicyclic amines) is 1. The molecule has 2 fully saturated rings. The highest BCUT2D eigenvalue weighted by Crippen LogP contribution is 2.53. The largest absolute Gasteiger partial charge is 0.491 e. The molecule has 2 atom stereocenters. The van der Waals surface area contributed by atoms with Crippen LogP contribution in [0.3, 0.4) is 0 Å². The summed E-state index contributed by atoms with van der Waals surface area (Å²) in [6.07, 6.45) is 4.25. The number of hydrogen-bond acceptors (Lipinski definition) is 6. The number of hydrogen-bond donors (Lipinski definition) is 2. The van der Waals surface area contributed by atoms with Gasteiger partial charge in [-0.15, -0.1) is 0 Å². The van der Waals surface area contributed by atoms with Crippen LogP contribution in [-0.4, -0.2) is 82.7 Å². The number of aliphatic imine (C=N–C) groups is 2. The zero-order valence-corrected chi connectivity index (χ0v) is 23.6. The molecule has 39 heavy (non-hydrogen) atoms. The predicted octanol–water partition coefficient (Wildman–Crippen LogP) is 4.93. The lowest BCUT2D eigenvalue weighted by atomic mass is 10.1. The van der Waals surface area contributed by atoms with Gasteiger partial charge in [-0.3, -0.25) is 14.8 Å². The first-order chi connectivity index (χ1) is 18.7. The first-order valence-corrected chi connectivity index (χ1v) is 13.4. The molecule has 1 heterocycles. The van der Waals surface area contributed by atoms with E-state index in [-0.39, 0.29) is 10.9 Å². The van der Waals surface area contributed by atoms with Crippen LogP contribution in [0.2, 0.25) is 5.02 Å². The minimum absolute atomic E-state index is 0.00909. The second kappa shape index (κ2) is 12.7. The van der Waals surface area contributed by atoms with Crippen LogP contribution in [0.15, 0.2) is 52.5 Å². The highest BCUT2D eigenvalue weighted by molar-refractivity contribution is 6.31. The van der Waals surface area contributed by atoms with Gasteiger partial charge in [0.25, 0.3) is 0 Å². The summed E-state index contributed by atoms with van der Waals surface area (Å²) in [6, 6.07) is 7.84. The van der Waals surface area contributed by atoms with Crippen molar-refractivity contribution in [1.82, 2.24) is 9.80 Å². The van der Waals surface area contributed by atoms with E-state index in [1.807, 2.05) is 19.0 Å². The fraction of sp³-hybridized carbons (Fsp3) is 0.414. The van der Waals surface area contributed by atoms with E-state index >= 15 is 0 Å². The quantitative estimate of drug-likeness (QED) is 0.234. The summed E-state index contributed by atoms with van der Waals surface area (Å²) in [5.41, 5.74) is 2.16. The van der Waals surface area contributed by atoms with Crippen LogP contribution in [0.4, 0.5) is 21.5 Å². The van der Waals surface area contributed by atoms with Crippen LogP contribution in [0.25, 0.3) is 0 Å². The number of likely N-dealkylation sites (N-methyl/N-ethyl adjacent to an activating group) is 1. The van der Waals surface area contributed by atoms with Crippen LogP contribution in [-0.2, 0) is 4.79 Å². The van der Waals surface area contributed by atoms with Gasteiger partial charge in [0.1, 0.15) is 17.4 Å². The van der Waals surface area contributed by atoms with E-state index < -0.39 is 5.82 Å². The summed E-state index contributed by atoms with van der Waals surface area (Å²) in [4.78, 5) is 25.7. The van der Waals surface area contributed by atoms with Gasteiger partial charge in [-0.05, 0) is 76.3 Å². The van der Waals surface area contributed by atoms with E-state index in [0.29, 0.717) is 53.3 Å². The van der Waals surface area contributed by atoms with Crippen molar-refractivity contribution in [2.45, 2.75) is 6.42 Å². The van der Waals surface area contributed by atoms with E-state index in [9.17, 15) is 9.18 Å². The van der Waals surface area contributed by atoms with Crippen molar-refractivity contribution in [3.05, 3.63) is 58.9 Å². The number of amides is 1. The summed E-state index contributed by atoms with van der Waals surface area (Å²) >= 11 is 5.96. The lowest BCUT2D eigenvalue weighted by Gasteiger charge is -2.18. The zero-order chi connectivity index (χ0) is 28.1. The van der Waals surface area contributed by atoms with Crippen molar-refractivity contribution in [2.75, 3.05) is 65.1 Å². The predicted molar refractivity (Wildman–Crippen MR) is 158 cm³/mol. The fourth-order valence-electron chi connectivity index (χ4n) is 5.20. The summed E-state index contributed by atoms with van der Waals surface area (Å²) in [7, 11) is 7.65. The van der Waals surface area contributed by atoms with Crippen molar-refractivity contribution >= 4 is 47.1 Å². The molecule has 1 saturated heterocycles. The lowest BCUT2D eigenvalue weighted by molar-refractivity contribution is -0.111. The Morgan fingerprint density at radius 3 is 2.64 bits per heavy atom. The number of benzene rings is 2. The maximum atomic E-state index is 13.7. The minimum atomic E-state index is -0.513. The molecule has 4 rings (SSSR count). The van der Waals surface area contributed by atoms with Gasteiger partial charge >= 0.3 is 0 Å². The maximum Gasteiger partial charge on any atom is 0.248 e. The molecule has 1 saturated carbocycles. The second-order valence-electron chi connectivity index (χ2n) is 10.4. The van der Waals surface area contributed by atoms with Gasteiger partial charge < -0.3 is 25.2 Å². The molecule has 1 amide bonds. The SMILES string of the molecule is C=Nc1cc(OCCC2C3CN(C)CC23)c(NC(=O)/C=C/CN(C)C)cc1C(=NC)Nc1ccc(F)c(Cl)c1. The van der Waals surface area contributed by atoms with Gasteiger partial charge in [0.2, 0.25) is 5.91 Å². The van der Waals surface area contributed by atoms with E-state index in [2.05, 4.69) is 39.3 Å². The average Bonchev–Trinajstić information content (AvgIpc) is 3.35. The van der Waals surface area contributed by atoms with Crippen molar-refractivity contribution < 1.29 is 13.9 Å². The third-order valence-corrected chi connectivity index (χ3v) is 7.48. The number of ether oxygens (including phenoxy) is 1. The van der Waals surface area contributed by atoms with Crippen molar-refractivity contribution in [1.29, 1.82) is 0 Å². The van der Waals surface area contributed by atoms with Crippen LogP contribution >= 0.6 is 11.6 Å². The highest BCUT2D eigenvalue weighted by atomic mass is 35.5. The van der Waals surface area contributed by atoms with Gasteiger partial charge in [0, 0.05) is 50.1 Å². The molecule has 2 unspecified atom stereocenters. The molecule has 0 bridgehead atoms. The number of rotatable bonds is 11. The lowest BCUT2D eigenvalue weighted by Crippen LogP contribution is -2.19. The van der Waals surface area contributed by atoms with Gasteiger partial charge in [-0.25, -0.2) is 4.39 Å². The molecule has 0 radical (unpaired) electrons. The summed E-state index contributed by atoms with van der Waals surface area (Å²) in [5, 5.41) is 6.10. The number of piperidine rings is 1. The van der Waals surface area contributed by atoms with Crippen LogP contribution in [0.5, 0.6) is 5.75 Å². The van der Waals surface area contributed by atoms with Crippen molar-refractivity contribution in [3.63, 3.8) is 0 Å². The smallest absolute Gasteiger partial charge is 0.248 e. The molecule has 208 valence electrons. The third kappa shape index (κ3) is 7.23. The average molecular weight is 555 g/mol. The molecule has 2 aromatic rings. The summed E-state index contributed by atoms with van der Waals surface area (Å²) in [5.74, 6) is 2.39. The minimum Gasteiger partial charge on any atom is -0.491 e. The highest BCUT2D eigenvalue weighted by Gasteiger charge is 2.53. The normalized spacial score (nSPS) is 20.8. The Morgan fingerprint density at radius 1 is 1.26 bits per heavy atom. The monoisotopic (exact) mass is 554 g/mol. The first-order valence-electron chi connectivity index (χ1n) is 13.0. The van der Waals surface area contributed by atoms with Gasteiger partial charge in [0.15, 0.2) is 0 Å². The summed E-state index contributed by atoms with van der Waals surface area (Å²) < 4.78 is 19.9. The Bertz CT molecular complexity index is 1270. The number of carbonyl (C=O) groups excluding carboxylic acids is 1. The molecule has 2 aliphatic rings. The zero-order valence-electron chi connectivity index (χ0n) is 22.9. The Morgan fingerprint density at radius 2 is 2.00 bits per heavy atom. The molecule has 0 aromatic heterocycles. The number of nitrogens with zero attached hydrogens (tertiary/aromatic N) is 4. The molecule has 2 aromatic carbocycles. The Hall–Kier alpha value is -3.27. The Labute approximate surface area is 234 Å². The molecule has 8 nitrogen and oxygen atoms in total. The van der Waals surface area contributed by atoms with E-state index in [4.69, 9.17) is 16.3 Å². The third-order valence-electron chi connectivity index (χ3n) is 7.19. The summed E-state index contributed by atoms with van der Waals surface area (Å²) in [6.45, 7) is 7.21. The van der Waals surface area contributed by atoms with Crippen LogP contribution in [0, 0.1) is 23.6 Å². The van der Waals surface area contributed by atoms with Crippen LogP contribution < -0.4 is 15.4 Å². The second-order valence-corrected chi connectivity index (χ2v) is 10.8. The Kier molecular flexibility index (Phi) is 9.37. The Balaban J connectivity index is 1.57. The van der Waals surface area contributed by atoms with Crippen molar-refractivity contribution in [2.24, 2.45) is 27.7 Å². The van der Waals surface area contributed by atoms with Gasteiger partial charge in [-0.2, -0.15) is 0 Å². The van der Waals surface area contributed by atoms with Gasteiger partial charge in [0.05, 0.1) is 23.0 Å². The van der Waals surface area contributed by atoms with Gasteiger partial charge in [-0.1, -0.05) is 17.7 Å². The molecular weight excluding hydrogens is 519 g/mol. The topological polar surface area (TPSA) is 81.6 Å². The molecule has 10 heteroatoms. The van der Waals surface area contributed by atoms with E-state index in [0.717, 1.165) is 31.3 Å². The van der Waals surface area contributed by atoms with E-state index in [1.165, 1.54) is 18.2 Å². The number of fused-ring (bicyclic) bond motifs is 1. The first kappa shape index (κ1) is 28.7. The van der Waals surface area contributed by atoms with Crippen molar-refractivity contribution in [3.8, 4) is 5.75 Å². The van der Waals surface area contributed by atoms with Crippen LogP contribution in [0.1, 0.15) is 12.0 Å². The standard InChI is InChI=1S/C29H36ClFN6O2/c1-32-25-15-27(39-12-10-19-21-16-37(5)17-22(19)21)26(35-28(38)7-6-11-36(3)4)14-20(25)29(33-2)34-18-8-9-24(31)23(30)13-18/h6-9,13-15,19,21-22H,1,10-12,16-17H2,2-5H3,(H,33,34)(H,35,38)/b7-6+. The van der Waals surface area contributed by atoms with E-state index in [1.54, 1.807) is 31.3 Å². The molecule has 1 aliphatic carbocycles.